The molecular formula is C24H33FN2O2. The summed E-state index contributed by atoms with van der Waals surface area (Å²) in [5.41, 5.74) is 4.26. The molecule has 0 aliphatic rings. The number of allylic oxidation sites excluding steroid dienone is 4. The number of aromatic nitrogens is 2. The predicted molar refractivity (Wildman–Crippen MR) is 118 cm³/mol. The highest BCUT2D eigenvalue weighted by Crippen LogP contribution is 2.31. The number of carbonyl (C=O) groups excluding carboxylic acids is 1. The summed E-state index contributed by atoms with van der Waals surface area (Å²) in [5.74, 6) is -0.676. The van der Waals surface area contributed by atoms with E-state index in [0.29, 0.717) is 12.8 Å². The minimum atomic E-state index is -0.460. The molecule has 2 aromatic rings. The van der Waals surface area contributed by atoms with Crippen molar-refractivity contribution in [2.24, 2.45) is 0 Å². The highest BCUT2D eigenvalue weighted by Gasteiger charge is 2.25. The third-order valence-corrected chi connectivity index (χ3v) is 4.24. The standard InChI is InChI=1S/C22H27FN2O2.C2H6/c1-6-16(23)14-19(15(4)5)21-18(7-2)20(22(26)27-8-3)24-25(21)17-12-10-9-11-13-17;1-2/h9-14H,6-8H2,1-5H3;1-2H3/b16-14+;. The van der Waals surface area contributed by atoms with Crippen LogP contribution in [0.3, 0.4) is 0 Å². The molecule has 0 saturated carbocycles. The third-order valence-electron chi connectivity index (χ3n) is 4.24. The number of carbonyl (C=O) groups is 1. The lowest BCUT2D eigenvalue weighted by Crippen LogP contribution is -2.08. The topological polar surface area (TPSA) is 44.1 Å². The fourth-order valence-electron chi connectivity index (χ4n) is 2.89. The van der Waals surface area contributed by atoms with Crippen molar-refractivity contribution in [2.45, 2.75) is 61.3 Å². The van der Waals surface area contributed by atoms with Crippen LogP contribution in [0.1, 0.15) is 76.6 Å². The molecule has 158 valence electrons. The number of rotatable bonds is 7. The molecule has 2 rings (SSSR count). The van der Waals surface area contributed by atoms with Crippen LogP contribution >= 0.6 is 0 Å². The average molecular weight is 401 g/mol. The zero-order valence-electron chi connectivity index (χ0n) is 18.7. The zero-order valence-corrected chi connectivity index (χ0v) is 18.7. The van der Waals surface area contributed by atoms with Gasteiger partial charge in [-0.3, -0.25) is 0 Å². The molecule has 1 aromatic heterocycles. The first-order valence-corrected chi connectivity index (χ1v) is 10.3. The normalized spacial score (nSPS) is 10.8. The Hall–Kier alpha value is -2.69. The smallest absolute Gasteiger partial charge is 0.359 e. The summed E-state index contributed by atoms with van der Waals surface area (Å²) < 4.78 is 21.1. The molecular weight excluding hydrogens is 367 g/mol. The molecule has 5 heteroatoms. The monoisotopic (exact) mass is 400 g/mol. The van der Waals surface area contributed by atoms with Gasteiger partial charge in [0, 0.05) is 11.1 Å². The molecule has 0 radical (unpaired) electrons. The predicted octanol–water partition coefficient (Wildman–Crippen LogP) is 6.69. The van der Waals surface area contributed by atoms with E-state index in [-0.39, 0.29) is 18.1 Å². The lowest BCUT2D eigenvalue weighted by atomic mass is 9.99. The second-order valence-electron chi connectivity index (χ2n) is 6.36. The first kappa shape index (κ1) is 24.3. The van der Waals surface area contributed by atoms with E-state index in [1.807, 2.05) is 65.0 Å². The second-order valence-corrected chi connectivity index (χ2v) is 6.36. The maximum atomic E-state index is 14.2. The molecule has 0 unspecified atom stereocenters. The average Bonchev–Trinajstić information content (AvgIpc) is 3.13. The van der Waals surface area contributed by atoms with Gasteiger partial charge in [0.15, 0.2) is 5.69 Å². The Balaban J connectivity index is 0.00000204. The summed E-state index contributed by atoms with van der Waals surface area (Å²) in [4.78, 5) is 12.5. The van der Waals surface area contributed by atoms with E-state index < -0.39 is 5.97 Å². The second kappa shape index (κ2) is 12.0. The van der Waals surface area contributed by atoms with Gasteiger partial charge in [0.1, 0.15) is 5.83 Å². The minimum absolute atomic E-state index is 0.216. The number of nitrogens with zero attached hydrogens (tertiary/aromatic N) is 2. The molecule has 1 aromatic carbocycles. The molecule has 0 aliphatic heterocycles. The van der Waals surface area contributed by atoms with Crippen LogP contribution in [0.15, 0.2) is 47.8 Å². The molecule has 0 spiro atoms. The number of ether oxygens (including phenoxy) is 1. The van der Waals surface area contributed by atoms with Crippen LogP contribution in [0.5, 0.6) is 0 Å². The van der Waals surface area contributed by atoms with Gasteiger partial charge in [-0.25, -0.2) is 13.9 Å². The van der Waals surface area contributed by atoms with Crippen molar-refractivity contribution < 1.29 is 13.9 Å². The van der Waals surface area contributed by atoms with Gasteiger partial charge in [-0.2, -0.15) is 5.10 Å². The molecule has 29 heavy (non-hydrogen) atoms. The number of halogens is 1. The molecule has 4 nitrogen and oxygen atoms in total. The van der Waals surface area contributed by atoms with Crippen molar-refractivity contribution in [3.05, 3.63) is 64.8 Å². The fourth-order valence-corrected chi connectivity index (χ4v) is 2.89. The van der Waals surface area contributed by atoms with Crippen LogP contribution in [0.2, 0.25) is 0 Å². The summed E-state index contributed by atoms with van der Waals surface area (Å²) in [6.07, 6.45) is 2.43. The van der Waals surface area contributed by atoms with Gasteiger partial charge < -0.3 is 4.74 Å². The fraction of sp³-hybridized carbons (Fsp3) is 0.417. The van der Waals surface area contributed by atoms with Crippen molar-refractivity contribution in [1.82, 2.24) is 9.78 Å². The Morgan fingerprint density at radius 3 is 2.24 bits per heavy atom. The van der Waals surface area contributed by atoms with E-state index in [9.17, 15) is 9.18 Å². The summed E-state index contributed by atoms with van der Waals surface area (Å²) in [6, 6.07) is 9.54. The minimum Gasteiger partial charge on any atom is -0.461 e. The van der Waals surface area contributed by atoms with E-state index in [1.165, 1.54) is 0 Å². The highest BCUT2D eigenvalue weighted by atomic mass is 19.1. The quantitative estimate of drug-likeness (QED) is 0.384. The van der Waals surface area contributed by atoms with Gasteiger partial charge in [0.25, 0.3) is 0 Å². The summed E-state index contributed by atoms with van der Waals surface area (Å²) in [5, 5.41) is 4.56. The van der Waals surface area contributed by atoms with Crippen LogP contribution in [-0.2, 0) is 11.2 Å². The first-order chi connectivity index (χ1) is 13.9. The van der Waals surface area contributed by atoms with Crippen LogP contribution in [-0.4, -0.2) is 22.4 Å². The molecule has 0 amide bonds. The van der Waals surface area contributed by atoms with E-state index in [2.05, 4.69) is 5.10 Å². The van der Waals surface area contributed by atoms with Crippen molar-refractivity contribution >= 4 is 11.5 Å². The van der Waals surface area contributed by atoms with E-state index in [4.69, 9.17) is 4.74 Å². The number of hydrogen-bond donors (Lipinski definition) is 0. The maximum Gasteiger partial charge on any atom is 0.359 e. The van der Waals surface area contributed by atoms with Gasteiger partial charge >= 0.3 is 5.97 Å². The van der Waals surface area contributed by atoms with Gasteiger partial charge in [0.05, 0.1) is 18.0 Å². The lowest BCUT2D eigenvalue weighted by Gasteiger charge is -2.12. The van der Waals surface area contributed by atoms with Crippen molar-refractivity contribution in [2.75, 3.05) is 6.61 Å². The van der Waals surface area contributed by atoms with Gasteiger partial charge in [0.2, 0.25) is 0 Å². The summed E-state index contributed by atoms with van der Waals surface area (Å²) >= 11 is 0. The molecule has 0 atom stereocenters. The summed E-state index contributed by atoms with van der Waals surface area (Å²) in [6.45, 7) is 13.6. The number of esters is 1. The Kier molecular flexibility index (Phi) is 10.1. The largest absolute Gasteiger partial charge is 0.461 e. The van der Waals surface area contributed by atoms with Crippen LogP contribution in [0, 0.1) is 0 Å². The Morgan fingerprint density at radius 2 is 1.76 bits per heavy atom. The Bertz CT molecular complexity index is 861. The zero-order chi connectivity index (χ0) is 22.0. The van der Waals surface area contributed by atoms with Gasteiger partial charge in [-0.05, 0) is 51.8 Å². The van der Waals surface area contributed by atoms with E-state index in [0.717, 1.165) is 28.1 Å². The number of benzene rings is 1. The van der Waals surface area contributed by atoms with Crippen LogP contribution < -0.4 is 0 Å². The SMILES string of the molecule is CC.CCOC(=O)c1nn(-c2ccccc2)c(C(/C=C(/F)CC)=C(C)C)c1CC. The van der Waals surface area contributed by atoms with Crippen molar-refractivity contribution in [3.8, 4) is 5.69 Å². The van der Waals surface area contributed by atoms with E-state index in [1.54, 1.807) is 24.6 Å². The number of para-hydroxylation sites is 1. The molecule has 0 saturated heterocycles. The van der Waals surface area contributed by atoms with Crippen LogP contribution in [0.25, 0.3) is 11.3 Å². The highest BCUT2D eigenvalue weighted by molar-refractivity contribution is 5.92. The molecule has 0 bridgehead atoms. The molecule has 0 fully saturated rings. The van der Waals surface area contributed by atoms with Crippen molar-refractivity contribution in [1.29, 1.82) is 0 Å². The Labute approximate surface area is 174 Å². The van der Waals surface area contributed by atoms with Crippen LogP contribution in [0.4, 0.5) is 4.39 Å². The Morgan fingerprint density at radius 1 is 1.14 bits per heavy atom. The van der Waals surface area contributed by atoms with Crippen molar-refractivity contribution in [3.63, 3.8) is 0 Å². The van der Waals surface area contributed by atoms with Gasteiger partial charge in [-0.1, -0.05) is 51.5 Å². The summed E-state index contributed by atoms with van der Waals surface area (Å²) in [7, 11) is 0. The molecule has 1 heterocycles. The van der Waals surface area contributed by atoms with E-state index >= 15 is 0 Å². The maximum absolute atomic E-state index is 14.2. The lowest BCUT2D eigenvalue weighted by molar-refractivity contribution is 0.0517. The third kappa shape index (κ3) is 5.89. The van der Waals surface area contributed by atoms with Gasteiger partial charge in [-0.15, -0.1) is 0 Å². The molecule has 0 aliphatic carbocycles. The number of hydrogen-bond acceptors (Lipinski definition) is 3. The first-order valence-electron chi connectivity index (χ1n) is 10.3. The molecule has 0 N–H and O–H groups in total.